The number of nitrogens with one attached hydrogen (secondary N) is 1. The van der Waals surface area contributed by atoms with E-state index < -0.39 is 11.5 Å². The molecule has 0 spiro atoms. The number of benzene rings is 2. The number of methoxy groups -OCH3 is 1. The molecular weight excluding hydrogens is 290 g/mol. The third-order valence-electron chi connectivity index (χ3n) is 4.02. The maximum absolute atomic E-state index is 12.4. The Balaban J connectivity index is 2.02. The van der Waals surface area contributed by atoms with E-state index in [1.807, 2.05) is 66.7 Å². The second-order valence-corrected chi connectivity index (χ2v) is 5.47. The van der Waals surface area contributed by atoms with Gasteiger partial charge in [0.05, 0.1) is 7.11 Å². The van der Waals surface area contributed by atoms with Crippen LogP contribution in [-0.2, 0) is 19.9 Å². The summed E-state index contributed by atoms with van der Waals surface area (Å²) >= 11 is 0. The molecule has 23 heavy (non-hydrogen) atoms. The van der Waals surface area contributed by atoms with Gasteiger partial charge in [0.1, 0.15) is 0 Å². The third kappa shape index (κ3) is 2.75. The maximum atomic E-state index is 12.4. The maximum Gasteiger partial charge on any atom is 0.336 e. The Morgan fingerprint density at radius 1 is 1.09 bits per heavy atom. The van der Waals surface area contributed by atoms with Gasteiger partial charge in [0.15, 0.2) is 5.54 Å². The van der Waals surface area contributed by atoms with Crippen LogP contribution in [-0.4, -0.2) is 19.0 Å². The fraction of sp³-hybridized carbons (Fsp3) is 0.158. The quantitative estimate of drug-likeness (QED) is 0.700. The number of esters is 1. The molecule has 0 aliphatic carbocycles. The van der Waals surface area contributed by atoms with Gasteiger partial charge in [0, 0.05) is 12.0 Å². The minimum atomic E-state index is -1.16. The Kier molecular flexibility index (Phi) is 3.98. The molecule has 0 aromatic heterocycles. The van der Waals surface area contributed by atoms with Gasteiger partial charge in [-0.2, -0.15) is 0 Å². The molecule has 1 atom stereocenters. The van der Waals surface area contributed by atoms with Crippen LogP contribution in [0.5, 0.6) is 0 Å². The number of hydrogen-bond donors (Lipinski definition) is 1. The molecule has 2 aromatic rings. The summed E-state index contributed by atoms with van der Waals surface area (Å²) in [6.45, 7) is 0. The first-order chi connectivity index (χ1) is 11.2. The van der Waals surface area contributed by atoms with E-state index in [9.17, 15) is 9.59 Å². The van der Waals surface area contributed by atoms with Gasteiger partial charge in [-0.15, -0.1) is 0 Å². The minimum Gasteiger partial charge on any atom is -0.467 e. The van der Waals surface area contributed by atoms with Gasteiger partial charge >= 0.3 is 5.97 Å². The molecule has 1 fully saturated rings. The van der Waals surface area contributed by atoms with Crippen molar-refractivity contribution in [1.82, 2.24) is 5.32 Å². The van der Waals surface area contributed by atoms with E-state index in [1.165, 1.54) is 7.11 Å². The van der Waals surface area contributed by atoms with Crippen LogP contribution in [0.15, 0.2) is 66.2 Å². The molecule has 116 valence electrons. The number of rotatable bonds is 3. The molecule has 2 aromatic carbocycles. The molecule has 3 rings (SSSR count). The molecule has 1 N–H and O–H groups in total. The van der Waals surface area contributed by atoms with Crippen molar-refractivity contribution in [2.45, 2.75) is 12.0 Å². The molecule has 1 aliphatic heterocycles. The van der Waals surface area contributed by atoms with Crippen LogP contribution >= 0.6 is 0 Å². The SMILES string of the molecule is COC(=O)[C@]1(c2ccccc2)C/C(=C\c2ccccc2)C(=O)N1. The standard InChI is InChI=1S/C19H17NO3/c1-23-18(22)19(16-10-6-3-7-11-16)13-15(17(21)20-19)12-14-8-4-2-5-9-14/h2-12H,13H2,1H3,(H,20,21)/b15-12+/t19-/m1/s1. The lowest BCUT2D eigenvalue weighted by molar-refractivity contribution is -0.149. The average molecular weight is 307 g/mol. The van der Waals surface area contributed by atoms with Gasteiger partial charge in [-0.3, -0.25) is 4.79 Å². The number of carbonyl (C=O) groups is 2. The highest BCUT2D eigenvalue weighted by Gasteiger charge is 2.49. The summed E-state index contributed by atoms with van der Waals surface area (Å²) < 4.78 is 4.96. The highest BCUT2D eigenvalue weighted by atomic mass is 16.5. The van der Waals surface area contributed by atoms with Gasteiger partial charge in [-0.1, -0.05) is 60.7 Å². The zero-order chi connectivity index (χ0) is 16.3. The summed E-state index contributed by atoms with van der Waals surface area (Å²) in [6.07, 6.45) is 2.07. The van der Waals surface area contributed by atoms with Crippen LogP contribution in [0.25, 0.3) is 6.08 Å². The van der Waals surface area contributed by atoms with Gasteiger partial charge in [-0.25, -0.2) is 4.79 Å². The summed E-state index contributed by atoms with van der Waals surface area (Å²) in [5, 5.41) is 2.82. The topological polar surface area (TPSA) is 55.4 Å². The van der Waals surface area contributed by atoms with Gasteiger partial charge in [0.2, 0.25) is 5.91 Å². The number of carbonyl (C=O) groups excluding carboxylic acids is 2. The van der Waals surface area contributed by atoms with E-state index in [-0.39, 0.29) is 12.3 Å². The minimum absolute atomic E-state index is 0.247. The molecule has 1 aliphatic rings. The monoisotopic (exact) mass is 307 g/mol. The molecule has 4 nitrogen and oxygen atoms in total. The van der Waals surface area contributed by atoms with Crippen molar-refractivity contribution < 1.29 is 14.3 Å². The molecule has 1 amide bonds. The molecule has 4 heteroatoms. The van der Waals surface area contributed by atoms with Crippen molar-refractivity contribution in [3.05, 3.63) is 77.4 Å². The first-order valence-electron chi connectivity index (χ1n) is 7.38. The van der Waals surface area contributed by atoms with Crippen molar-refractivity contribution >= 4 is 18.0 Å². The Hall–Kier alpha value is -2.88. The van der Waals surface area contributed by atoms with Crippen molar-refractivity contribution in [3.8, 4) is 0 Å². The molecule has 1 heterocycles. The van der Waals surface area contributed by atoms with E-state index in [4.69, 9.17) is 4.74 Å². The summed E-state index contributed by atoms with van der Waals surface area (Å²) in [4.78, 5) is 24.8. The molecular formula is C19H17NO3. The first-order valence-corrected chi connectivity index (χ1v) is 7.38. The van der Waals surface area contributed by atoms with Crippen LogP contribution in [0.2, 0.25) is 0 Å². The Bertz CT molecular complexity index is 753. The first kappa shape index (κ1) is 15.0. The van der Waals surface area contributed by atoms with E-state index in [1.54, 1.807) is 0 Å². The lowest BCUT2D eigenvalue weighted by Crippen LogP contribution is -2.46. The van der Waals surface area contributed by atoms with Crippen molar-refractivity contribution in [2.75, 3.05) is 7.11 Å². The lowest BCUT2D eigenvalue weighted by Gasteiger charge is -2.26. The average Bonchev–Trinajstić information content (AvgIpc) is 2.93. The highest BCUT2D eigenvalue weighted by Crippen LogP contribution is 2.36. The summed E-state index contributed by atoms with van der Waals surface area (Å²) in [5.41, 5.74) is 1.04. The van der Waals surface area contributed by atoms with Crippen LogP contribution in [0.3, 0.4) is 0 Å². The van der Waals surface area contributed by atoms with E-state index in [0.717, 1.165) is 11.1 Å². The Labute approximate surface area is 134 Å². The summed E-state index contributed by atoms with van der Waals surface area (Å²) in [6, 6.07) is 18.8. The van der Waals surface area contributed by atoms with E-state index in [0.29, 0.717) is 5.57 Å². The van der Waals surface area contributed by atoms with Crippen LogP contribution in [0.4, 0.5) is 0 Å². The lowest BCUT2D eigenvalue weighted by atomic mass is 9.87. The molecule has 0 saturated carbocycles. The van der Waals surface area contributed by atoms with Gasteiger partial charge < -0.3 is 10.1 Å². The zero-order valence-electron chi connectivity index (χ0n) is 12.8. The van der Waals surface area contributed by atoms with Crippen molar-refractivity contribution in [2.24, 2.45) is 0 Å². The smallest absolute Gasteiger partial charge is 0.336 e. The van der Waals surface area contributed by atoms with E-state index >= 15 is 0 Å². The number of ether oxygens (including phenoxy) is 1. The molecule has 0 radical (unpaired) electrons. The van der Waals surface area contributed by atoms with Crippen LogP contribution < -0.4 is 5.32 Å². The zero-order valence-corrected chi connectivity index (χ0v) is 12.8. The Morgan fingerprint density at radius 2 is 1.70 bits per heavy atom. The van der Waals surface area contributed by atoms with Crippen LogP contribution in [0, 0.1) is 0 Å². The highest BCUT2D eigenvalue weighted by molar-refractivity contribution is 6.06. The fourth-order valence-electron chi connectivity index (χ4n) is 2.86. The van der Waals surface area contributed by atoms with Crippen molar-refractivity contribution in [1.29, 1.82) is 0 Å². The second-order valence-electron chi connectivity index (χ2n) is 5.47. The molecule has 0 bridgehead atoms. The van der Waals surface area contributed by atoms with E-state index in [2.05, 4.69) is 5.32 Å². The largest absolute Gasteiger partial charge is 0.467 e. The second kappa shape index (κ2) is 6.08. The fourth-order valence-corrected chi connectivity index (χ4v) is 2.86. The van der Waals surface area contributed by atoms with Gasteiger partial charge in [0.25, 0.3) is 0 Å². The summed E-state index contributed by atoms with van der Waals surface area (Å²) in [7, 11) is 1.33. The summed E-state index contributed by atoms with van der Waals surface area (Å²) in [5.74, 6) is -0.711. The normalized spacial score (nSPS) is 22.0. The predicted octanol–water partition coefficient (Wildman–Crippen LogP) is 2.66. The van der Waals surface area contributed by atoms with Crippen molar-refractivity contribution in [3.63, 3.8) is 0 Å². The molecule has 0 unspecified atom stereocenters. The Morgan fingerprint density at radius 3 is 2.30 bits per heavy atom. The molecule has 1 saturated heterocycles. The predicted molar refractivity (Wildman–Crippen MR) is 87.3 cm³/mol. The third-order valence-corrected chi connectivity index (χ3v) is 4.02. The van der Waals surface area contributed by atoms with Crippen LogP contribution in [0.1, 0.15) is 17.5 Å². The number of hydrogen-bond acceptors (Lipinski definition) is 3. The number of amides is 1. The van der Waals surface area contributed by atoms with Gasteiger partial charge in [-0.05, 0) is 17.2 Å².